The first-order chi connectivity index (χ1) is 12.4. The normalized spacial score (nSPS) is 16.6. The quantitative estimate of drug-likeness (QED) is 0.832. The number of rotatable bonds is 4. The van der Waals surface area contributed by atoms with Crippen molar-refractivity contribution in [3.63, 3.8) is 0 Å². The van der Waals surface area contributed by atoms with Crippen molar-refractivity contribution in [1.82, 2.24) is 5.32 Å². The largest absolute Gasteiger partial charge is 0.329 e. The number of benzene rings is 2. The molecule has 1 atom stereocenters. The molecule has 134 valence electrons. The maximum atomic E-state index is 12.5. The van der Waals surface area contributed by atoms with Crippen LogP contribution in [0.3, 0.4) is 0 Å². The Kier molecular flexibility index (Phi) is 4.75. The number of amides is 4. The van der Waals surface area contributed by atoms with Gasteiger partial charge in [0, 0.05) is 0 Å². The van der Waals surface area contributed by atoms with Gasteiger partial charge in [-0.2, -0.15) is 0 Å². The molecule has 0 aromatic heterocycles. The Hall–Kier alpha value is -3.15. The molecule has 0 bridgehead atoms. The molecule has 2 aromatic carbocycles. The van der Waals surface area contributed by atoms with Crippen molar-refractivity contribution >= 4 is 29.2 Å². The molecule has 1 fully saturated rings. The molecule has 0 radical (unpaired) electrons. The number of nitrogens with one attached hydrogen (secondary N) is 2. The highest BCUT2D eigenvalue weighted by Gasteiger charge is 2.37. The first kappa shape index (κ1) is 17.7. The minimum atomic E-state index is -0.582. The lowest BCUT2D eigenvalue weighted by molar-refractivity contribution is -0.118. The summed E-state index contributed by atoms with van der Waals surface area (Å²) in [6.45, 7) is 5.65. The number of para-hydroxylation sites is 2. The van der Waals surface area contributed by atoms with Crippen molar-refractivity contribution in [2.45, 2.75) is 33.2 Å². The van der Waals surface area contributed by atoms with E-state index >= 15 is 0 Å². The lowest BCUT2D eigenvalue weighted by Gasteiger charge is -2.17. The van der Waals surface area contributed by atoms with E-state index in [1.54, 1.807) is 31.2 Å². The molecule has 1 saturated heterocycles. The molecule has 2 aromatic rings. The van der Waals surface area contributed by atoms with Crippen LogP contribution in [0.5, 0.6) is 0 Å². The monoisotopic (exact) mass is 351 g/mol. The summed E-state index contributed by atoms with van der Waals surface area (Å²) in [5.41, 5.74) is 4.01. The van der Waals surface area contributed by atoms with Crippen molar-refractivity contribution < 1.29 is 14.4 Å². The third-order valence-electron chi connectivity index (χ3n) is 4.49. The molecule has 0 unspecified atom stereocenters. The predicted octanol–water partition coefficient (Wildman–Crippen LogP) is 2.93. The number of aryl methyl sites for hydroxylation is 2. The van der Waals surface area contributed by atoms with Crippen molar-refractivity contribution in [2.24, 2.45) is 0 Å². The van der Waals surface area contributed by atoms with Gasteiger partial charge in [0.05, 0.1) is 17.8 Å². The van der Waals surface area contributed by atoms with Crippen LogP contribution >= 0.6 is 0 Å². The maximum absolute atomic E-state index is 12.5. The minimum absolute atomic E-state index is 0.208. The third-order valence-corrected chi connectivity index (χ3v) is 4.49. The summed E-state index contributed by atoms with van der Waals surface area (Å²) in [4.78, 5) is 37.8. The molecular formula is C20H21N3O3. The van der Waals surface area contributed by atoms with Gasteiger partial charge in [-0.1, -0.05) is 30.3 Å². The standard InChI is InChI=1S/C20H21N3O3/c1-12-8-9-15(10-13(12)2)11-18(24)22-16-6-4-5-7-17(16)23-19(25)14(3)21-20(23)26/h4-10,14H,11H2,1-3H3,(H,21,26)(H,22,24)/t14-/m0/s1. The second-order valence-corrected chi connectivity index (χ2v) is 6.51. The Labute approximate surface area is 152 Å². The molecule has 0 aliphatic carbocycles. The van der Waals surface area contributed by atoms with Crippen LogP contribution in [0.25, 0.3) is 0 Å². The number of carbonyl (C=O) groups is 3. The highest BCUT2D eigenvalue weighted by molar-refractivity contribution is 6.23. The van der Waals surface area contributed by atoms with Gasteiger partial charge in [0.25, 0.3) is 5.91 Å². The van der Waals surface area contributed by atoms with E-state index in [1.807, 2.05) is 32.0 Å². The Morgan fingerprint density at radius 1 is 1.12 bits per heavy atom. The van der Waals surface area contributed by atoms with Gasteiger partial charge in [0.1, 0.15) is 6.04 Å². The molecule has 0 spiro atoms. The van der Waals surface area contributed by atoms with Crippen LogP contribution < -0.4 is 15.5 Å². The summed E-state index contributed by atoms with van der Waals surface area (Å²) in [5, 5.41) is 5.38. The summed E-state index contributed by atoms with van der Waals surface area (Å²) in [6.07, 6.45) is 0.214. The lowest BCUT2D eigenvalue weighted by Crippen LogP contribution is -2.32. The van der Waals surface area contributed by atoms with Crippen molar-refractivity contribution in [1.29, 1.82) is 0 Å². The Balaban J connectivity index is 1.80. The zero-order valence-electron chi connectivity index (χ0n) is 15.0. The van der Waals surface area contributed by atoms with E-state index in [4.69, 9.17) is 0 Å². The summed E-state index contributed by atoms with van der Waals surface area (Å²) >= 11 is 0. The number of nitrogens with zero attached hydrogens (tertiary/aromatic N) is 1. The number of urea groups is 1. The number of hydrogen-bond donors (Lipinski definition) is 2. The smallest absolute Gasteiger partial charge is 0.326 e. The number of hydrogen-bond acceptors (Lipinski definition) is 3. The van der Waals surface area contributed by atoms with E-state index in [2.05, 4.69) is 10.6 Å². The van der Waals surface area contributed by atoms with Crippen molar-refractivity contribution in [3.05, 3.63) is 59.2 Å². The highest BCUT2D eigenvalue weighted by atomic mass is 16.2. The molecule has 1 aliphatic heterocycles. The topological polar surface area (TPSA) is 78.5 Å². The van der Waals surface area contributed by atoms with Gasteiger partial charge in [0.15, 0.2) is 0 Å². The van der Waals surface area contributed by atoms with Crippen molar-refractivity contribution in [2.75, 3.05) is 10.2 Å². The average molecular weight is 351 g/mol. The van der Waals surface area contributed by atoms with Gasteiger partial charge in [-0.05, 0) is 49.6 Å². The third kappa shape index (κ3) is 3.44. The predicted molar refractivity (Wildman–Crippen MR) is 100 cm³/mol. The fraction of sp³-hybridized carbons (Fsp3) is 0.250. The Bertz CT molecular complexity index is 892. The second-order valence-electron chi connectivity index (χ2n) is 6.51. The van der Waals surface area contributed by atoms with Crippen LogP contribution in [0.1, 0.15) is 23.6 Å². The summed E-state index contributed by atoms with van der Waals surface area (Å²) in [7, 11) is 0. The molecule has 1 heterocycles. The van der Waals surface area contributed by atoms with E-state index in [1.165, 1.54) is 5.56 Å². The van der Waals surface area contributed by atoms with Crippen LogP contribution in [0.15, 0.2) is 42.5 Å². The first-order valence-corrected chi connectivity index (χ1v) is 8.46. The molecule has 2 N–H and O–H groups in total. The van der Waals surface area contributed by atoms with Gasteiger partial charge >= 0.3 is 6.03 Å². The van der Waals surface area contributed by atoms with Gasteiger partial charge in [0.2, 0.25) is 5.91 Å². The van der Waals surface area contributed by atoms with E-state index in [0.29, 0.717) is 11.4 Å². The van der Waals surface area contributed by atoms with Gasteiger partial charge in [-0.3, -0.25) is 9.59 Å². The molecule has 4 amide bonds. The SMILES string of the molecule is Cc1ccc(CC(=O)Nc2ccccc2N2C(=O)N[C@@H](C)C2=O)cc1C. The van der Waals surface area contributed by atoms with Gasteiger partial charge in [-0.15, -0.1) is 0 Å². The van der Waals surface area contributed by atoms with E-state index in [-0.39, 0.29) is 18.2 Å². The fourth-order valence-electron chi connectivity index (χ4n) is 2.90. The Morgan fingerprint density at radius 3 is 2.50 bits per heavy atom. The zero-order chi connectivity index (χ0) is 18.8. The van der Waals surface area contributed by atoms with Crippen LogP contribution in [0.2, 0.25) is 0 Å². The lowest BCUT2D eigenvalue weighted by atomic mass is 10.0. The number of imide groups is 1. The molecule has 6 heteroatoms. The van der Waals surface area contributed by atoms with Crippen LogP contribution in [0.4, 0.5) is 16.2 Å². The Morgan fingerprint density at radius 2 is 1.85 bits per heavy atom. The second kappa shape index (κ2) is 7.00. The molecule has 3 rings (SSSR count). The molecule has 1 aliphatic rings. The molecule has 0 saturated carbocycles. The van der Waals surface area contributed by atoms with Crippen LogP contribution in [-0.4, -0.2) is 23.9 Å². The fourth-order valence-corrected chi connectivity index (χ4v) is 2.90. The van der Waals surface area contributed by atoms with Crippen molar-refractivity contribution in [3.8, 4) is 0 Å². The summed E-state index contributed by atoms with van der Waals surface area (Å²) < 4.78 is 0. The summed E-state index contributed by atoms with van der Waals surface area (Å²) in [6, 6.07) is 11.6. The molecular weight excluding hydrogens is 330 g/mol. The van der Waals surface area contributed by atoms with E-state index in [9.17, 15) is 14.4 Å². The van der Waals surface area contributed by atoms with Gasteiger partial charge < -0.3 is 10.6 Å². The first-order valence-electron chi connectivity index (χ1n) is 8.46. The maximum Gasteiger partial charge on any atom is 0.329 e. The summed E-state index contributed by atoms with van der Waals surface area (Å²) in [5.74, 6) is -0.549. The average Bonchev–Trinajstić information content (AvgIpc) is 2.84. The number of anilines is 2. The van der Waals surface area contributed by atoms with Gasteiger partial charge in [-0.25, -0.2) is 9.69 Å². The van der Waals surface area contributed by atoms with E-state index in [0.717, 1.165) is 16.0 Å². The highest BCUT2D eigenvalue weighted by Crippen LogP contribution is 2.28. The number of carbonyl (C=O) groups excluding carboxylic acids is 3. The molecule has 6 nitrogen and oxygen atoms in total. The minimum Gasteiger partial charge on any atom is -0.326 e. The van der Waals surface area contributed by atoms with E-state index < -0.39 is 12.1 Å². The zero-order valence-corrected chi connectivity index (χ0v) is 15.0. The van der Waals surface area contributed by atoms with Crippen LogP contribution in [0, 0.1) is 13.8 Å². The molecule has 26 heavy (non-hydrogen) atoms. The van der Waals surface area contributed by atoms with Crippen LogP contribution in [-0.2, 0) is 16.0 Å².